The molecule has 6 N–H and O–H groups in total. The number of carbonyl (C=O) groups is 2. The van der Waals surface area contributed by atoms with E-state index in [4.69, 9.17) is 15.5 Å². The zero-order valence-corrected chi connectivity index (χ0v) is 22.5. The van der Waals surface area contributed by atoms with Crippen molar-refractivity contribution in [1.82, 2.24) is 15.4 Å². The maximum absolute atomic E-state index is 12.7. The predicted octanol–water partition coefficient (Wildman–Crippen LogP) is 1.82. The van der Waals surface area contributed by atoms with E-state index in [0.717, 1.165) is 30.7 Å². The van der Waals surface area contributed by atoms with Crippen molar-refractivity contribution in [2.75, 3.05) is 12.4 Å². The Labute approximate surface area is 212 Å². The molecule has 0 bridgehead atoms. The van der Waals surface area contributed by atoms with Gasteiger partial charge in [0.1, 0.15) is 0 Å². The number of aliphatic hydroxyl groups is 1. The SMILES string of the molecule is C=C(C[C@H]1N=C(C2CCC(NC(=O)OC(C)C)CC2)SCC1NC(N)=O)S(=O)(=O)NC(C)(C)CO. The minimum Gasteiger partial charge on any atom is -0.447 e. The van der Waals surface area contributed by atoms with Crippen LogP contribution in [-0.2, 0) is 14.8 Å². The van der Waals surface area contributed by atoms with Crippen LogP contribution < -0.4 is 21.1 Å². The first-order valence-corrected chi connectivity index (χ1v) is 14.3. The number of hydrogen-bond donors (Lipinski definition) is 5. The van der Waals surface area contributed by atoms with Gasteiger partial charge in [0.25, 0.3) is 0 Å². The average molecular weight is 534 g/mol. The van der Waals surface area contributed by atoms with Crippen molar-refractivity contribution in [2.24, 2.45) is 16.6 Å². The van der Waals surface area contributed by atoms with E-state index in [1.54, 1.807) is 27.7 Å². The molecule has 3 amide bonds. The molecule has 2 atom stereocenters. The quantitative estimate of drug-likeness (QED) is 0.285. The average Bonchev–Trinajstić information content (AvgIpc) is 2.74. The fraction of sp³-hybridized carbons (Fsp3) is 0.773. The number of nitrogens with zero attached hydrogens (tertiary/aromatic N) is 1. The highest BCUT2D eigenvalue weighted by Crippen LogP contribution is 2.34. The van der Waals surface area contributed by atoms with Crippen LogP contribution in [0.3, 0.4) is 0 Å². The number of thioether (sulfide) groups is 1. The van der Waals surface area contributed by atoms with Crippen LogP contribution in [-0.4, -0.2) is 72.8 Å². The number of aliphatic hydroxyl groups excluding tert-OH is 1. The fourth-order valence-corrected chi connectivity index (χ4v) is 6.68. The molecule has 0 saturated heterocycles. The molecule has 1 heterocycles. The molecule has 1 saturated carbocycles. The number of nitrogens with two attached hydrogens (primary N) is 1. The molecular weight excluding hydrogens is 494 g/mol. The Bertz CT molecular complexity index is 913. The van der Waals surface area contributed by atoms with Gasteiger partial charge in [-0.25, -0.2) is 22.7 Å². The van der Waals surface area contributed by atoms with Crippen molar-refractivity contribution < 1.29 is 27.9 Å². The van der Waals surface area contributed by atoms with Crippen LogP contribution in [0, 0.1) is 5.92 Å². The van der Waals surface area contributed by atoms with E-state index in [1.807, 2.05) is 0 Å². The fourth-order valence-electron chi connectivity index (χ4n) is 4.02. The number of nitrogens with one attached hydrogen (secondary N) is 3. The largest absolute Gasteiger partial charge is 0.447 e. The second-order valence-corrected chi connectivity index (χ2v) is 12.8. The highest BCUT2D eigenvalue weighted by Gasteiger charge is 2.35. The van der Waals surface area contributed by atoms with E-state index in [-0.39, 0.29) is 36.0 Å². The Morgan fingerprint density at radius 1 is 1.26 bits per heavy atom. The summed E-state index contributed by atoms with van der Waals surface area (Å²) in [5.41, 5.74) is 4.29. The second kappa shape index (κ2) is 12.4. The third kappa shape index (κ3) is 9.28. The summed E-state index contributed by atoms with van der Waals surface area (Å²) in [4.78, 5) is 28.2. The molecule has 0 spiro atoms. The number of carbonyl (C=O) groups excluding carboxylic acids is 2. The molecule has 11 nitrogen and oxygen atoms in total. The summed E-state index contributed by atoms with van der Waals surface area (Å²) in [5.74, 6) is 0.696. The summed E-state index contributed by atoms with van der Waals surface area (Å²) < 4.78 is 33.1. The second-order valence-electron chi connectivity index (χ2n) is 10.00. The molecule has 2 rings (SSSR count). The Balaban J connectivity index is 2.08. The van der Waals surface area contributed by atoms with Gasteiger partial charge in [-0.2, -0.15) is 0 Å². The van der Waals surface area contributed by atoms with E-state index in [9.17, 15) is 23.1 Å². The van der Waals surface area contributed by atoms with Gasteiger partial charge in [0.2, 0.25) is 10.0 Å². The highest BCUT2D eigenvalue weighted by molar-refractivity contribution is 8.14. The van der Waals surface area contributed by atoms with E-state index in [2.05, 4.69) is 21.9 Å². The lowest BCUT2D eigenvalue weighted by atomic mass is 9.86. The summed E-state index contributed by atoms with van der Waals surface area (Å²) in [6.07, 6.45) is 2.63. The summed E-state index contributed by atoms with van der Waals surface area (Å²) in [5, 5.41) is 15.9. The van der Waals surface area contributed by atoms with E-state index >= 15 is 0 Å². The lowest BCUT2D eigenvalue weighted by molar-refractivity contribution is 0.109. The number of primary amides is 1. The molecule has 1 aliphatic carbocycles. The smallest absolute Gasteiger partial charge is 0.407 e. The first-order valence-electron chi connectivity index (χ1n) is 11.8. The van der Waals surface area contributed by atoms with Crippen molar-refractivity contribution in [3.63, 3.8) is 0 Å². The topological polar surface area (TPSA) is 172 Å². The number of rotatable bonds is 10. The molecule has 0 aromatic rings. The van der Waals surface area contributed by atoms with Crippen molar-refractivity contribution >= 4 is 39.0 Å². The third-order valence-corrected chi connectivity index (χ3v) is 8.87. The molecular formula is C22H39N5O6S2. The minimum absolute atomic E-state index is 0.00376. The molecule has 200 valence electrons. The molecule has 13 heteroatoms. The Morgan fingerprint density at radius 3 is 2.43 bits per heavy atom. The number of ether oxygens (including phenoxy) is 1. The molecule has 0 aromatic heterocycles. The zero-order valence-electron chi connectivity index (χ0n) is 20.9. The molecule has 0 radical (unpaired) electrons. The van der Waals surface area contributed by atoms with E-state index in [0.29, 0.717) is 5.75 Å². The molecule has 1 unspecified atom stereocenters. The van der Waals surface area contributed by atoms with Gasteiger partial charge in [-0.15, -0.1) is 11.8 Å². The maximum atomic E-state index is 12.7. The third-order valence-electron chi connectivity index (χ3n) is 5.86. The standard InChI is InChI=1S/C22H39N5O6S2/c1-13(2)33-21(30)24-16-8-6-15(7-9-16)19-25-17(18(11-34-19)26-20(23)29)10-14(3)35(31,32)27-22(4,5)12-28/h13,15-18,27-28H,3,6-12H2,1-2,4-5H3,(H,24,30)(H3,23,26,29)/t15?,16?,17-,18?/m1/s1. The van der Waals surface area contributed by atoms with Crippen molar-refractivity contribution in [3.05, 3.63) is 11.5 Å². The van der Waals surface area contributed by atoms with Gasteiger partial charge in [-0.1, -0.05) is 6.58 Å². The van der Waals surface area contributed by atoms with Crippen LogP contribution in [0.15, 0.2) is 16.5 Å². The zero-order chi connectivity index (χ0) is 26.4. The number of sulfonamides is 1. The van der Waals surface area contributed by atoms with Gasteiger partial charge in [0, 0.05) is 24.1 Å². The molecule has 1 aliphatic heterocycles. The number of aliphatic imine (C=N–C) groups is 1. The van der Waals surface area contributed by atoms with Gasteiger partial charge in [-0.05, 0) is 53.4 Å². The van der Waals surface area contributed by atoms with Crippen LogP contribution in [0.4, 0.5) is 9.59 Å². The molecule has 1 fully saturated rings. The van der Waals surface area contributed by atoms with Crippen LogP contribution in [0.25, 0.3) is 0 Å². The summed E-state index contributed by atoms with van der Waals surface area (Å²) in [7, 11) is -3.93. The van der Waals surface area contributed by atoms with Crippen LogP contribution in [0.1, 0.15) is 59.8 Å². The number of hydrogen-bond acceptors (Lipinski definition) is 8. The number of amides is 3. The van der Waals surface area contributed by atoms with E-state index < -0.39 is 39.8 Å². The van der Waals surface area contributed by atoms with Crippen LogP contribution in [0.5, 0.6) is 0 Å². The Morgan fingerprint density at radius 2 is 1.89 bits per heavy atom. The van der Waals surface area contributed by atoms with Crippen molar-refractivity contribution in [2.45, 2.75) is 89.6 Å². The van der Waals surface area contributed by atoms with Crippen LogP contribution in [0.2, 0.25) is 0 Å². The number of urea groups is 1. The summed E-state index contributed by atoms with van der Waals surface area (Å²) >= 11 is 1.54. The normalized spacial score (nSPS) is 25.5. The molecule has 2 aliphatic rings. The highest BCUT2D eigenvalue weighted by atomic mass is 32.2. The monoisotopic (exact) mass is 533 g/mol. The van der Waals surface area contributed by atoms with Gasteiger partial charge >= 0.3 is 12.1 Å². The van der Waals surface area contributed by atoms with Gasteiger partial charge in [-0.3, -0.25) is 4.99 Å². The minimum atomic E-state index is -3.93. The summed E-state index contributed by atoms with van der Waals surface area (Å²) in [6, 6.07) is -1.65. The maximum Gasteiger partial charge on any atom is 0.407 e. The van der Waals surface area contributed by atoms with Gasteiger partial charge in [0.15, 0.2) is 0 Å². The first-order chi connectivity index (χ1) is 16.2. The predicted molar refractivity (Wildman–Crippen MR) is 138 cm³/mol. The summed E-state index contributed by atoms with van der Waals surface area (Å²) in [6.45, 7) is 10.1. The lowest BCUT2D eigenvalue weighted by Crippen LogP contribution is -2.50. The van der Waals surface area contributed by atoms with Gasteiger partial charge < -0.3 is 26.2 Å². The van der Waals surface area contributed by atoms with E-state index in [1.165, 1.54) is 11.8 Å². The number of alkyl carbamates (subject to hydrolysis) is 1. The Kier molecular flexibility index (Phi) is 10.4. The van der Waals surface area contributed by atoms with Crippen molar-refractivity contribution in [1.29, 1.82) is 0 Å². The molecule has 35 heavy (non-hydrogen) atoms. The lowest BCUT2D eigenvalue weighted by Gasteiger charge is -2.35. The van der Waals surface area contributed by atoms with Crippen LogP contribution >= 0.6 is 11.8 Å². The first kappa shape index (κ1) is 29.4. The van der Waals surface area contributed by atoms with Gasteiger partial charge in [0.05, 0.1) is 40.3 Å². The Hall–Kier alpha value is -1.83. The molecule has 0 aromatic carbocycles. The van der Waals surface area contributed by atoms with Crippen molar-refractivity contribution in [3.8, 4) is 0 Å².